The maximum atomic E-state index is 5.71. The highest BCUT2D eigenvalue weighted by molar-refractivity contribution is 14.0. The molecule has 19 heavy (non-hydrogen) atoms. The summed E-state index contributed by atoms with van der Waals surface area (Å²) in [5.41, 5.74) is 5.71. The summed E-state index contributed by atoms with van der Waals surface area (Å²) in [5, 5.41) is 3.08. The van der Waals surface area contributed by atoms with Gasteiger partial charge in [0.25, 0.3) is 0 Å². The van der Waals surface area contributed by atoms with E-state index in [2.05, 4.69) is 24.2 Å². The van der Waals surface area contributed by atoms with Gasteiger partial charge >= 0.3 is 0 Å². The first-order chi connectivity index (χ1) is 8.68. The van der Waals surface area contributed by atoms with Crippen molar-refractivity contribution in [3.63, 3.8) is 0 Å². The SMILES string of the molecule is CC(C)CN=C(N)NCCCOCC1CCCO1.I. The topological polar surface area (TPSA) is 68.9 Å². The molecular weight excluding hydrogens is 357 g/mol. The van der Waals surface area contributed by atoms with Gasteiger partial charge in [-0.2, -0.15) is 0 Å². The van der Waals surface area contributed by atoms with E-state index in [9.17, 15) is 0 Å². The number of nitrogens with two attached hydrogens (primary N) is 1. The lowest BCUT2D eigenvalue weighted by Crippen LogP contribution is -2.33. The van der Waals surface area contributed by atoms with Gasteiger partial charge in [0, 0.05) is 26.3 Å². The van der Waals surface area contributed by atoms with E-state index in [0.29, 0.717) is 18.0 Å². The molecule has 1 aliphatic heterocycles. The van der Waals surface area contributed by atoms with Crippen LogP contribution in [-0.4, -0.2) is 45.0 Å². The number of rotatable bonds is 8. The second-order valence-corrected chi connectivity index (χ2v) is 5.11. The third kappa shape index (κ3) is 10.4. The van der Waals surface area contributed by atoms with E-state index in [1.807, 2.05) is 0 Å². The Morgan fingerprint density at radius 3 is 2.95 bits per heavy atom. The predicted molar refractivity (Wildman–Crippen MR) is 89.2 cm³/mol. The van der Waals surface area contributed by atoms with E-state index in [1.165, 1.54) is 6.42 Å². The third-order valence-corrected chi connectivity index (χ3v) is 2.73. The third-order valence-electron chi connectivity index (χ3n) is 2.73. The van der Waals surface area contributed by atoms with Crippen molar-refractivity contribution in [3.8, 4) is 0 Å². The van der Waals surface area contributed by atoms with Gasteiger partial charge in [-0.1, -0.05) is 13.8 Å². The van der Waals surface area contributed by atoms with Gasteiger partial charge in [-0.25, -0.2) is 0 Å². The fourth-order valence-electron chi connectivity index (χ4n) is 1.72. The molecule has 0 aromatic carbocycles. The van der Waals surface area contributed by atoms with Crippen LogP contribution in [-0.2, 0) is 9.47 Å². The van der Waals surface area contributed by atoms with Crippen molar-refractivity contribution in [1.82, 2.24) is 5.32 Å². The molecule has 0 amide bonds. The molecule has 5 nitrogen and oxygen atoms in total. The zero-order valence-corrected chi connectivity index (χ0v) is 14.4. The van der Waals surface area contributed by atoms with Crippen molar-refractivity contribution in [2.24, 2.45) is 16.6 Å². The Hall–Kier alpha value is -0.0800. The van der Waals surface area contributed by atoms with Gasteiger partial charge in [-0.3, -0.25) is 4.99 Å². The minimum atomic E-state index is 0. The molecule has 6 heteroatoms. The molecule has 0 spiro atoms. The average Bonchev–Trinajstić information content (AvgIpc) is 2.84. The second-order valence-electron chi connectivity index (χ2n) is 5.11. The van der Waals surface area contributed by atoms with Crippen LogP contribution >= 0.6 is 24.0 Å². The number of ether oxygens (including phenoxy) is 2. The van der Waals surface area contributed by atoms with Gasteiger partial charge in [-0.15, -0.1) is 24.0 Å². The van der Waals surface area contributed by atoms with Crippen LogP contribution in [0.15, 0.2) is 4.99 Å². The van der Waals surface area contributed by atoms with Crippen LogP contribution in [0.1, 0.15) is 33.1 Å². The van der Waals surface area contributed by atoms with E-state index in [1.54, 1.807) is 0 Å². The van der Waals surface area contributed by atoms with Crippen LogP contribution in [0.3, 0.4) is 0 Å². The normalized spacial score (nSPS) is 19.5. The first-order valence-electron chi connectivity index (χ1n) is 6.91. The fourth-order valence-corrected chi connectivity index (χ4v) is 1.72. The van der Waals surface area contributed by atoms with E-state index in [4.69, 9.17) is 15.2 Å². The molecule has 1 rings (SSSR count). The summed E-state index contributed by atoms with van der Waals surface area (Å²) in [5.74, 6) is 1.07. The van der Waals surface area contributed by atoms with Crippen molar-refractivity contribution in [3.05, 3.63) is 0 Å². The molecule has 0 aromatic rings. The van der Waals surface area contributed by atoms with Gasteiger partial charge in [0.2, 0.25) is 0 Å². The monoisotopic (exact) mass is 385 g/mol. The number of hydrogen-bond donors (Lipinski definition) is 2. The van der Waals surface area contributed by atoms with Gasteiger partial charge in [0.15, 0.2) is 5.96 Å². The molecule has 1 heterocycles. The lowest BCUT2D eigenvalue weighted by Gasteiger charge is -2.10. The molecule has 114 valence electrons. The predicted octanol–water partition coefficient (Wildman–Crippen LogP) is 1.75. The Labute approximate surface area is 133 Å². The second kappa shape index (κ2) is 11.7. The Morgan fingerprint density at radius 2 is 2.32 bits per heavy atom. The average molecular weight is 385 g/mol. The highest BCUT2D eigenvalue weighted by atomic mass is 127. The van der Waals surface area contributed by atoms with E-state index >= 15 is 0 Å². The maximum Gasteiger partial charge on any atom is 0.188 e. The number of nitrogens with one attached hydrogen (secondary N) is 1. The van der Waals surface area contributed by atoms with Gasteiger partial charge in [0.05, 0.1) is 12.7 Å². The van der Waals surface area contributed by atoms with Crippen molar-refractivity contribution in [2.45, 2.75) is 39.2 Å². The van der Waals surface area contributed by atoms with Gasteiger partial charge in [0.1, 0.15) is 0 Å². The van der Waals surface area contributed by atoms with Crippen molar-refractivity contribution < 1.29 is 9.47 Å². The Kier molecular flexibility index (Phi) is 11.7. The standard InChI is InChI=1S/C13H27N3O2.HI/c1-11(2)9-16-13(14)15-6-4-7-17-10-12-5-3-8-18-12;/h11-12H,3-10H2,1-2H3,(H3,14,15,16);1H. The van der Waals surface area contributed by atoms with E-state index in [-0.39, 0.29) is 24.0 Å². The molecule has 0 radical (unpaired) electrons. The number of nitrogens with zero attached hydrogens (tertiary/aromatic N) is 1. The molecule has 1 saturated heterocycles. The zero-order valence-electron chi connectivity index (χ0n) is 12.1. The molecule has 1 unspecified atom stereocenters. The summed E-state index contributed by atoms with van der Waals surface area (Å²) in [4.78, 5) is 4.23. The van der Waals surface area contributed by atoms with E-state index in [0.717, 1.165) is 45.8 Å². The van der Waals surface area contributed by atoms with Crippen LogP contribution in [0.25, 0.3) is 0 Å². The van der Waals surface area contributed by atoms with Crippen molar-refractivity contribution in [1.29, 1.82) is 0 Å². The summed E-state index contributed by atoms with van der Waals surface area (Å²) in [6, 6.07) is 0. The van der Waals surface area contributed by atoms with Gasteiger partial charge < -0.3 is 20.5 Å². The minimum Gasteiger partial charge on any atom is -0.379 e. The smallest absolute Gasteiger partial charge is 0.188 e. The lowest BCUT2D eigenvalue weighted by molar-refractivity contribution is 0.0168. The van der Waals surface area contributed by atoms with E-state index < -0.39 is 0 Å². The van der Waals surface area contributed by atoms with Crippen LogP contribution in [0.4, 0.5) is 0 Å². The van der Waals surface area contributed by atoms with Crippen LogP contribution < -0.4 is 11.1 Å². The Morgan fingerprint density at radius 1 is 1.53 bits per heavy atom. The molecule has 1 aliphatic rings. The van der Waals surface area contributed by atoms with Crippen molar-refractivity contribution in [2.75, 3.05) is 32.9 Å². The van der Waals surface area contributed by atoms with Gasteiger partial charge in [-0.05, 0) is 25.2 Å². The Bertz CT molecular complexity index is 244. The quantitative estimate of drug-likeness (QED) is 0.289. The highest BCUT2D eigenvalue weighted by Crippen LogP contribution is 2.11. The minimum absolute atomic E-state index is 0. The number of hydrogen-bond acceptors (Lipinski definition) is 3. The highest BCUT2D eigenvalue weighted by Gasteiger charge is 2.14. The first kappa shape index (κ1) is 18.9. The summed E-state index contributed by atoms with van der Waals surface area (Å²) in [6.45, 7) is 8.17. The maximum absolute atomic E-state index is 5.71. The number of guanidine groups is 1. The molecule has 0 aliphatic carbocycles. The zero-order chi connectivity index (χ0) is 13.2. The summed E-state index contributed by atoms with van der Waals surface area (Å²) < 4.78 is 11.0. The molecule has 0 saturated carbocycles. The summed E-state index contributed by atoms with van der Waals surface area (Å²) >= 11 is 0. The summed E-state index contributed by atoms with van der Waals surface area (Å²) in [6.07, 6.45) is 3.55. The number of aliphatic imine (C=N–C) groups is 1. The molecule has 1 fully saturated rings. The lowest BCUT2D eigenvalue weighted by atomic mass is 10.2. The number of halogens is 1. The Balaban J connectivity index is 0.00000324. The molecule has 0 aromatic heterocycles. The molecule has 1 atom stereocenters. The summed E-state index contributed by atoms with van der Waals surface area (Å²) in [7, 11) is 0. The van der Waals surface area contributed by atoms with Crippen LogP contribution in [0.5, 0.6) is 0 Å². The first-order valence-corrected chi connectivity index (χ1v) is 6.91. The molecule has 3 N–H and O–H groups in total. The van der Waals surface area contributed by atoms with Crippen LogP contribution in [0.2, 0.25) is 0 Å². The van der Waals surface area contributed by atoms with Crippen molar-refractivity contribution >= 4 is 29.9 Å². The van der Waals surface area contributed by atoms with Crippen LogP contribution in [0, 0.1) is 5.92 Å². The fraction of sp³-hybridized carbons (Fsp3) is 0.923. The largest absolute Gasteiger partial charge is 0.379 e. The molecule has 0 bridgehead atoms. The molecular formula is C13H28IN3O2.